The Hall–Kier alpha value is -1.88. The van der Waals surface area contributed by atoms with Crippen molar-refractivity contribution >= 4 is 16.9 Å². The average Bonchev–Trinajstić information content (AvgIpc) is 3.00. The summed E-state index contributed by atoms with van der Waals surface area (Å²) in [5, 5.41) is 3.31. The minimum Gasteiger partial charge on any atom is -0.368 e. The number of para-hydroxylation sites is 2. The fraction of sp³-hybridized carbons (Fsp3) is 0.500. The number of likely N-dealkylation sites (N-methyl/N-ethyl adjacent to an activating group) is 1. The van der Waals surface area contributed by atoms with Crippen LogP contribution in [0.1, 0.15) is 38.1 Å². The fourth-order valence-electron chi connectivity index (χ4n) is 3.68. The van der Waals surface area contributed by atoms with Crippen LogP contribution in [-0.4, -0.2) is 27.5 Å². The van der Waals surface area contributed by atoms with Crippen molar-refractivity contribution in [1.82, 2.24) is 14.9 Å². The number of rotatable bonds is 4. The Bertz CT molecular complexity index is 678. The highest BCUT2D eigenvalue weighted by Gasteiger charge is 2.44. The summed E-state index contributed by atoms with van der Waals surface area (Å²) in [7, 11) is 0. The molecule has 1 saturated carbocycles. The normalized spacial score (nSPS) is 25.5. The molecule has 5 heteroatoms. The minimum atomic E-state index is -0.572. The molecule has 0 aliphatic heterocycles. The molecule has 2 unspecified atom stereocenters. The molecule has 0 radical (unpaired) electrons. The molecule has 0 bridgehead atoms. The average molecular weight is 286 g/mol. The lowest BCUT2D eigenvalue weighted by Crippen LogP contribution is -2.53. The van der Waals surface area contributed by atoms with Crippen molar-refractivity contribution in [1.29, 1.82) is 0 Å². The fourth-order valence-corrected chi connectivity index (χ4v) is 3.68. The van der Waals surface area contributed by atoms with Crippen LogP contribution in [0.2, 0.25) is 0 Å². The van der Waals surface area contributed by atoms with Crippen molar-refractivity contribution in [3.63, 3.8) is 0 Å². The molecule has 0 saturated heterocycles. The molecule has 1 amide bonds. The van der Waals surface area contributed by atoms with Crippen molar-refractivity contribution in [3.8, 4) is 0 Å². The van der Waals surface area contributed by atoms with Crippen molar-refractivity contribution in [2.45, 2.75) is 44.7 Å². The maximum Gasteiger partial charge on any atom is 0.237 e. The number of nitrogens with zero attached hydrogens (tertiary/aromatic N) is 2. The van der Waals surface area contributed by atoms with Crippen LogP contribution in [-0.2, 0) is 4.79 Å². The number of fused-ring (bicyclic) bond motifs is 1. The van der Waals surface area contributed by atoms with Crippen LogP contribution in [0.25, 0.3) is 11.0 Å². The third kappa shape index (κ3) is 2.21. The number of primary amides is 1. The van der Waals surface area contributed by atoms with E-state index in [1.165, 1.54) is 0 Å². The van der Waals surface area contributed by atoms with E-state index in [2.05, 4.69) is 20.9 Å². The van der Waals surface area contributed by atoms with E-state index in [4.69, 9.17) is 5.73 Å². The summed E-state index contributed by atoms with van der Waals surface area (Å²) in [5.41, 5.74) is 7.23. The molecule has 21 heavy (non-hydrogen) atoms. The van der Waals surface area contributed by atoms with Crippen LogP contribution in [0.15, 0.2) is 24.3 Å². The minimum absolute atomic E-state index is 0.242. The molecule has 1 aliphatic carbocycles. The molecule has 112 valence electrons. The standard InChI is InChI=1S/C16H22N4O/c1-3-18-16(15(17)21)9-8-12(10-16)20-11(2)19-13-6-4-5-7-14(13)20/h4-7,12,18H,3,8-10H2,1-2H3,(H2,17,21). The zero-order chi connectivity index (χ0) is 15.0. The predicted octanol–water partition coefficient (Wildman–Crippen LogP) is 1.90. The van der Waals surface area contributed by atoms with E-state index >= 15 is 0 Å². The van der Waals surface area contributed by atoms with E-state index in [0.717, 1.165) is 42.7 Å². The molecule has 3 N–H and O–H groups in total. The van der Waals surface area contributed by atoms with E-state index in [1.807, 2.05) is 32.0 Å². The third-order valence-electron chi connectivity index (χ3n) is 4.61. The lowest BCUT2D eigenvalue weighted by molar-refractivity contribution is -0.124. The van der Waals surface area contributed by atoms with Gasteiger partial charge in [0.05, 0.1) is 16.6 Å². The molecule has 3 rings (SSSR count). The maximum atomic E-state index is 11.9. The lowest BCUT2D eigenvalue weighted by Gasteiger charge is -2.27. The van der Waals surface area contributed by atoms with Gasteiger partial charge >= 0.3 is 0 Å². The molecule has 1 aromatic carbocycles. The quantitative estimate of drug-likeness (QED) is 0.901. The number of imidazole rings is 1. The summed E-state index contributed by atoms with van der Waals surface area (Å²) in [6.07, 6.45) is 2.46. The number of hydrogen-bond donors (Lipinski definition) is 2. The number of amides is 1. The van der Waals surface area contributed by atoms with Crippen LogP contribution in [0.5, 0.6) is 0 Å². The Morgan fingerprint density at radius 1 is 1.52 bits per heavy atom. The number of nitrogens with one attached hydrogen (secondary N) is 1. The van der Waals surface area contributed by atoms with Crippen molar-refractivity contribution < 1.29 is 4.79 Å². The zero-order valence-electron chi connectivity index (χ0n) is 12.6. The van der Waals surface area contributed by atoms with E-state index in [9.17, 15) is 4.79 Å². The molecular formula is C16H22N4O. The molecular weight excluding hydrogens is 264 g/mol. The van der Waals surface area contributed by atoms with Crippen molar-refractivity contribution in [2.75, 3.05) is 6.54 Å². The number of nitrogens with two attached hydrogens (primary N) is 1. The molecule has 0 spiro atoms. The Morgan fingerprint density at radius 2 is 2.29 bits per heavy atom. The van der Waals surface area contributed by atoms with E-state index in [0.29, 0.717) is 0 Å². The number of benzene rings is 1. The number of aryl methyl sites for hydroxylation is 1. The number of aromatic nitrogens is 2. The van der Waals surface area contributed by atoms with Gasteiger partial charge in [-0.1, -0.05) is 19.1 Å². The summed E-state index contributed by atoms with van der Waals surface area (Å²) in [6, 6.07) is 8.41. The Morgan fingerprint density at radius 3 is 3.00 bits per heavy atom. The zero-order valence-corrected chi connectivity index (χ0v) is 12.6. The number of carbonyl (C=O) groups is 1. The summed E-state index contributed by atoms with van der Waals surface area (Å²) < 4.78 is 2.26. The first-order valence-electron chi connectivity index (χ1n) is 7.56. The van der Waals surface area contributed by atoms with Crippen LogP contribution in [0.3, 0.4) is 0 Å². The number of carbonyl (C=O) groups excluding carboxylic acids is 1. The monoisotopic (exact) mass is 286 g/mol. The van der Waals surface area contributed by atoms with Gasteiger partial charge in [0.15, 0.2) is 0 Å². The van der Waals surface area contributed by atoms with Gasteiger partial charge in [-0.15, -0.1) is 0 Å². The van der Waals surface area contributed by atoms with E-state index < -0.39 is 5.54 Å². The Kier molecular flexibility index (Phi) is 3.45. The summed E-state index contributed by atoms with van der Waals surface area (Å²) in [5.74, 6) is 0.756. The Balaban J connectivity index is 1.98. The van der Waals surface area contributed by atoms with Crippen LogP contribution < -0.4 is 11.1 Å². The first-order valence-corrected chi connectivity index (χ1v) is 7.56. The summed E-state index contributed by atoms with van der Waals surface area (Å²) in [4.78, 5) is 16.5. The maximum absolute atomic E-state index is 11.9. The van der Waals surface area contributed by atoms with Gasteiger partial charge in [0.25, 0.3) is 0 Å². The summed E-state index contributed by atoms with van der Waals surface area (Å²) >= 11 is 0. The SMILES string of the molecule is CCNC1(C(N)=O)CCC(n2c(C)nc3ccccc32)C1. The molecule has 1 heterocycles. The van der Waals surface area contributed by atoms with Gasteiger partial charge in [-0.2, -0.15) is 0 Å². The predicted molar refractivity (Wildman–Crippen MR) is 83.0 cm³/mol. The smallest absolute Gasteiger partial charge is 0.237 e. The highest BCUT2D eigenvalue weighted by molar-refractivity contribution is 5.85. The first kappa shape index (κ1) is 14.1. The van der Waals surface area contributed by atoms with Crippen molar-refractivity contribution in [2.24, 2.45) is 5.73 Å². The van der Waals surface area contributed by atoms with Gasteiger partial charge < -0.3 is 15.6 Å². The second-order valence-electron chi connectivity index (χ2n) is 5.89. The molecule has 1 aromatic heterocycles. The highest BCUT2D eigenvalue weighted by Crippen LogP contribution is 2.39. The van der Waals surface area contributed by atoms with Crippen molar-refractivity contribution in [3.05, 3.63) is 30.1 Å². The van der Waals surface area contributed by atoms with Gasteiger partial charge in [0.2, 0.25) is 5.91 Å². The van der Waals surface area contributed by atoms with Crippen LogP contribution in [0, 0.1) is 6.92 Å². The number of hydrogen-bond acceptors (Lipinski definition) is 3. The van der Waals surface area contributed by atoms with Gasteiger partial charge in [0, 0.05) is 6.04 Å². The second-order valence-corrected chi connectivity index (χ2v) is 5.89. The van der Waals surface area contributed by atoms with Gasteiger partial charge in [-0.25, -0.2) is 4.98 Å². The second kappa shape index (κ2) is 5.15. The first-order chi connectivity index (χ1) is 10.1. The third-order valence-corrected chi connectivity index (χ3v) is 4.61. The molecule has 1 aliphatic rings. The summed E-state index contributed by atoms with van der Waals surface area (Å²) in [6.45, 7) is 4.78. The van der Waals surface area contributed by atoms with Crippen LogP contribution in [0.4, 0.5) is 0 Å². The van der Waals surface area contributed by atoms with E-state index in [1.54, 1.807) is 0 Å². The molecule has 2 aromatic rings. The lowest BCUT2D eigenvalue weighted by atomic mass is 9.96. The van der Waals surface area contributed by atoms with Crippen LogP contribution >= 0.6 is 0 Å². The van der Waals surface area contributed by atoms with Gasteiger partial charge in [0.1, 0.15) is 5.82 Å². The molecule has 2 atom stereocenters. The van der Waals surface area contributed by atoms with Gasteiger partial charge in [-0.05, 0) is 44.9 Å². The van der Waals surface area contributed by atoms with E-state index in [-0.39, 0.29) is 11.9 Å². The highest BCUT2D eigenvalue weighted by atomic mass is 16.1. The largest absolute Gasteiger partial charge is 0.368 e. The molecule has 1 fully saturated rings. The topological polar surface area (TPSA) is 72.9 Å². The van der Waals surface area contributed by atoms with Gasteiger partial charge in [-0.3, -0.25) is 4.79 Å². The Labute approximate surface area is 124 Å². The molecule has 5 nitrogen and oxygen atoms in total.